The third-order valence-corrected chi connectivity index (χ3v) is 5.06. The van der Waals surface area contributed by atoms with Crippen LogP contribution in [0.5, 0.6) is 0 Å². The molecule has 25 heavy (non-hydrogen) atoms. The third kappa shape index (κ3) is 3.38. The molecular weight excluding hydrogens is 362 g/mol. The lowest BCUT2D eigenvalue weighted by Crippen LogP contribution is -2.27. The van der Waals surface area contributed by atoms with Crippen LogP contribution in [0, 0.1) is 6.92 Å². The predicted molar refractivity (Wildman–Crippen MR) is 97.7 cm³/mol. The van der Waals surface area contributed by atoms with Crippen molar-refractivity contribution >= 4 is 45.0 Å². The molecular formula is C17H16ClN3O3S. The van der Waals surface area contributed by atoms with Gasteiger partial charge in [0.15, 0.2) is 6.61 Å². The molecule has 0 N–H and O–H groups in total. The molecule has 0 aliphatic carbocycles. The number of aryl methyl sites for hydroxylation is 1. The number of hydrogen-bond acceptors (Lipinski definition) is 5. The molecule has 130 valence electrons. The number of thiophene rings is 1. The van der Waals surface area contributed by atoms with Crippen LogP contribution in [0.1, 0.15) is 15.4 Å². The number of hydrogen-bond donors (Lipinski definition) is 0. The topological polar surface area (TPSA) is 64.4 Å². The van der Waals surface area contributed by atoms with Gasteiger partial charge in [0.2, 0.25) is 0 Å². The number of amides is 1. The molecule has 1 aromatic carbocycles. The Morgan fingerprint density at radius 2 is 2.04 bits per heavy atom. The average molecular weight is 378 g/mol. The Kier molecular flexibility index (Phi) is 4.78. The van der Waals surface area contributed by atoms with Gasteiger partial charge in [0, 0.05) is 19.5 Å². The molecule has 1 amide bonds. The summed E-state index contributed by atoms with van der Waals surface area (Å²) in [4.78, 5) is 26.4. The Morgan fingerprint density at radius 1 is 1.32 bits per heavy atom. The number of carbonyl (C=O) groups is 2. The SMILES string of the molecule is Cc1nn(-c2ccccc2Cl)c2sc(C(=O)OCC(=O)N(C)C)cc12. The lowest BCUT2D eigenvalue weighted by molar-refractivity contribution is -0.131. The molecule has 2 heterocycles. The number of carbonyl (C=O) groups excluding carboxylic acids is 2. The van der Waals surface area contributed by atoms with E-state index in [1.165, 1.54) is 16.2 Å². The fourth-order valence-electron chi connectivity index (χ4n) is 2.26. The Labute approximate surface area is 153 Å². The van der Waals surface area contributed by atoms with Gasteiger partial charge in [-0.1, -0.05) is 23.7 Å². The average Bonchev–Trinajstić information content (AvgIpc) is 3.14. The number of para-hydroxylation sites is 1. The van der Waals surface area contributed by atoms with Crippen LogP contribution in [-0.2, 0) is 9.53 Å². The molecule has 0 saturated carbocycles. The summed E-state index contributed by atoms with van der Waals surface area (Å²) >= 11 is 7.52. The maximum absolute atomic E-state index is 12.2. The van der Waals surface area contributed by atoms with Crippen molar-refractivity contribution in [2.24, 2.45) is 0 Å². The van der Waals surface area contributed by atoms with Gasteiger partial charge in [-0.2, -0.15) is 5.10 Å². The van der Waals surface area contributed by atoms with Crippen molar-refractivity contribution in [3.05, 3.63) is 45.9 Å². The van der Waals surface area contributed by atoms with Crippen LogP contribution in [0.15, 0.2) is 30.3 Å². The second-order valence-corrected chi connectivity index (χ2v) is 7.08. The first-order chi connectivity index (χ1) is 11.9. The van der Waals surface area contributed by atoms with Crippen molar-refractivity contribution < 1.29 is 14.3 Å². The van der Waals surface area contributed by atoms with Crippen LogP contribution in [0.2, 0.25) is 5.02 Å². The number of halogens is 1. The number of nitrogens with zero attached hydrogens (tertiary/aromatic N) is 3. The van der Waals surface area contributed by atoms with Gasteiger partial charge >= 0.3 is 5.97 Å². The van der Waals surface area contributed by atoms with Crippen molar-refractivity contribution in [1.82, 2.24) is 14.7 Å². The lowest BCUT2D eigenvalue weighted by atomic mass is 10.3. The van der Waals surface area contributed by atoms with Crippen LogP contribution in [0.3, 0.4) is 0 Å². The highest BCUT2D eigenvalue weighted by Gasteiger charge is 2.19. The zero-order valence-corrected chi connectivity index (χ0v) is 15.5. The Hall–Kier alpha value is -2.38. The molecule has 0 atom stereocenters. The maximum atomic E-state index is 12.2. The Morgan fingerprint density at radius 3 is 2.72 bits per heavy atom. The minimum Gasteiger partial charge on any atom is -0.451 e. The van der Waals surface area contributed by atoms with Gasteiger partial charge in [-0.05, 0) is 25.1 Å². The fourth-order valence-corrected chi connectivity index (χ4v) is 3.55. The number of aromatic nitrogens is 2. The normalized spacial score (nSPS) is 10.9. The van der Waals surface area contributed by atoms with E-state index >= 15 is 0 Å². The van der Waals surface area contributed by atoms with Gasteiger partial charge in [-0.3, -0.25) is 4.79 Å². The van der Waals surface area contributed by atoms with Crippen molar-refractivity contribution in [2.75, 3.05) is 20.7 Å². The number of rotatable bonds is 4. The molecule has 0 spiro atoms. The van der Waals surface area contributed by atoms with Crippen molar-refractivity contribution in [1.29, 1.82) is 0 Å². The highest BCUT2D eigenvalue weighted by atomic mass is 35.5. The van der Waals surface area contributed by atoms with Crippen LogP contribution in [0.4, 0.5) is 0 Å². The second-order valence-electron chi connectivity index (χ2n) is 5.64. The van der Waals surface area contributed by atoms with Crippen molar-refractivity contribution in [2.45, 2.75) is 6.92 Å². The summed E-state index contributed by atoms with van der Waals surface area (Å²) < 4.78 is 6.81. The smallest absolute Gasteiger partial charge is 0.348 e. The molecule has 0 bridgehead atoms. The largest absolute Gasteiger partial charge is 0.451 e. The number of fused-ring (bicyclic) bond motifs is 1. The molecule has 0 saturated heterocycles. The van der Waals surface area contributed by atoms with E-state index in [0.29, 0.717) is 9.90 Å². The quantitative estimate of drug-likeness (QED) is 0.654. The summed E-state index contributed by atoms with van der Waals surface area (Å²) in [5.41, 5.74) is 1.53. The molecule has 0 unspecified atom stereocenters. The van der Waals surface area contributed by atoms with Crippen molar-refractivity contribution in [3.8, 4) is 5.69 Å². The minimum absolute atomic E-state index is 0.270. The zero-order valence-electron chi connectivity index (χ0n) is 13.9. The van der Waals surface area contributed by atoms with Gasteiger partial charge in [0.25, 0.3) is 5.91 Å². The van der Waals surface area contributed by atoms with E-state index in [9.17, 15) is 9.59 Å². The highest BCUT2D eigenvalue weighted by Crippen LogP contribution is 2.32. The van der Waals surface area contributed by atoms with Crippen LogP contribution in [-0.4, -0.2) is 47.3 Å². The van der Waals surface area contributed by atoms with Crippen molar-refractivity contribution in [3.63, 3.8) is 0 Å². The predicted octanol–water partition coefficient (Wildman–Crippen LogP) is 3.29. The van der Waals surface area contributed by atoms with E-state index in [1.807, 2.05) is 25.1 Å². The van der Waals surface area contributed by atoms with Crippen LogP contribution >= 0.6 is 22.9 Å². The summed E-state index contributed by atoms with van der Waals surface area (Å²) in [7, 11) is 3.22. The van der Waals surface area contributed by atoms with Gasteiger partial charge < -0.3 is 9.64 Å². The van der Waals surface area contributed by atoms with E-state index in [0.717, 1.165) is 21.6 Å². The van der Waals surface area contributed by atoms with E-state index < -0.39 is 5.97 Å². The molecule has 3 aromatic rings. The summed E-state index contributed by atoms with van der Waals surface area (Å²) in [6, 6.07) is 9.10. The van der Waals surface area contributed by atoms with E-state index in [1.54, 1.807) is 30.9 Å². The molecule has 3 rings (SSSR count). The number of benzene rings is 1. The Balaban J connectivity index is 1.93. The fraction of sp³-hybridized carbons (Fsp3) is 0.235. The molecule has 8 heteroatoms. The molecule has 0 fully saturated rings. The first-order valence-electron chi connectivity index (χ1n) is 7.50. The van der Waals surface area contributed by atoms with E-state index in [2.05, 4.69) is 5.10 Å². The zero-order chi connectivity index (χ0) is 18.1. The number of likely N-dealkylation sites (N-methyl/N-ethyl adjacent to an activating group) is 1. The lowest BCUT2D eigenvalue weighted by Gasteiger charge is -2.09. The second kappa shape index (κ2) is 6.85. The Bertz CT molecular complexity index is 961. The van der Waals surface area contributed by atoms with E-state index in [-0.39, 0.29) is 12.5 Å². The van der Waals surface area contributed by atoms with Gasteiger partial charge in [-0.25, -0.2) is 9.48 Å². The molecule has 0 aliphatic rings. The highest BCUT2D eigenvalue weighted by molar-refractivity contribution is 7.20. The van der Waals surface area contributed by atoms with E-state index in [4.69, 9.17) is 16.3 Å². The molecule has 0 radical (unpaired) electrons. The summed E-state index contributed by atoms with van der Waals surface area (Å²) in [6.45, 7) is 1.59. The number of ether oxygens (including phenoxy) is 1. The summed E-state index contributed by atoms with van der Waals surface area (Å²) in [5.74, 6) is -0.797. The monoisotopic (exact) mass is 377 g/mol. The molecule has 2 aromatic heterocycles. The van der Waals surface area contributed by atoms with Crippen LogP contribution < -0.4 is 0 Å². The van der Waals surface area contributed by atoms with Crippen LogP contribution in [0.25, 0.3) is 15.9 Å². The standard InChI is InChI=1S/C17H16ClN3O3S/c1-10-11-8-14(17(23)24-9-15(22)20(2)3)25-16(11)21(19-10)13-7-5-4-6-12(13)18/h4-8H,9H2,1-3H3. The third-order valence-electron chi connectivity index (χ3n) is 3.65. The summed E-state index contributed by atoms with van der Waals surface area (Å²) in [6.07, 6.45) is 0. The number of esters is 1. The molecule has 6 nitrogen and oxygen atoms in total. The van der Waals surface area contributed by atoms with Gasteiger partial charge in [0.05, 0.1) is 16.4 Å². The first kappa shape index (κ1) is 17.4. The maximum Gasteiger partial charge on any atom is 0.348 e. The molecule has 0 aliphatic heterocycles. The van der Waals surface area contributed by atoms with Gasteiger partial charge in [-0.15, -0.1) is 11.3 Å². The summed E-state index contributed by atoms with van der Waals surface area (Å²) in [5, 5.41) is 5.94. The van der Waals surface area contributed by atoms with Gasteiger partial charge in [0.1, 0.15) is 9.71 Å². The minimum atomic E-state index is -0.526. The first-order valence-corrected chi connectivity index (χ1v) is 8.69.